The summed E-state index contributed by atoms with van der Waals surface area (Å²) >= 11 is 0. The van der Waals surface area contributed by atoms with E-state index in [1.165, 1.54) is 14.2 Å². The first-order valence-electron chi connectivity index (χ1n) is 7.65. The second-order valence-electron chi connectivity index (χ2n) is 5.92. The maximum Gasteiger partial charge on any atom is 0.323 e. The molecule has 0 heterocycles. The van der Waals surface area contributed by atoms with Crippen LogP contribution in [-0.4, -0.2) is 26.2 Å². The molecule has 0 aliphatic carbocycles. The lowest BCUT2D eigenvalue weighted by molar-refractivity contribution is -0.173. The van der Waals surface area contributed by atoms with E-state index in [1.54, 1.807) is 0 Å². The normalized spacial score (nSPS) is 12.8. The van der Waals surface area contributed by atoms with Gasteiger partial charge in [-0.2, -0.15) is 0 Å². The van der Waals surface area contributed by atoms with Crippen LogP contribution in [0, 0.1) is 11.3 Å². The maximum atomic E-state index is 12.6. The average molecular weight is 306 g/mol. The first-order chi connectivity index (χ1) is 10.4. The molecule has 1 atom stereocenters. The van der Waals surface area contributed by atoms with E-state index < -0.39 is 17.4 Å². The van der Waals surface area contributed by atoms with Gasteiger partial charge in [-0.15, -0.1) is 0 Å². The Morgan fingerprint density at radius 3 is 1.91 bits per heavy atom. The van der Waals surface area contributed by atoms with Gasteiger partial charge in [-0.05, 0) is 24.3 Å². The minimum absolute atomic E-state index is 0.149. The van der Waals surface area contributed by atoms with Gasteiger partial charge >= 0.3 is 11.9 Å². The third kappa shape index (κ3) is 3.49. The van der Waals surface area contributed by atoms with Gasteiger partial charge in [0, 0.05) is 5.92 Å². The first kappa shape index (κ1) is 18.2. The third-order valence-corrected chi connectivity index (χ3v) is 4.03. The van der Waals surface area contributed by atoms with Crippen LogP contribution in [0.15, 0.2) is 30.3 Å². The predicted octanol–water partition coefficient (Wildman–Crippen LogP) is 3.56. The number of esters is 2. The highest BCUT2D eigenvalue weighted by Crippen LogP contribution is 2.45. The molecule has 0 aliphatic heterocycles. The monoisotopic (exact) mass is 306 g/mol. The number of ether oxygens (including phenoxy) is 2. The van der Waals surface area contributed by atoms with Crippen LogP contribution in [-0.2, 0) is 19.1 Å². The van der Waals surface area contributed by atoms with Crippen molar-refractivity contribution in [3.63, 3.8) is 0 Å². The van der Waals surface area contributed by atoms with Crippen molar-refractivity contribution in [1.82, 2.24) is 0 Å². The molecule has 1 aromatic rings. The van der Waals surface area contributed by atoms with Gasteiger partial charge in [0.2, 0.25) is 0 Å². The molecule has 22 heavy (non-hydrogen) atoms. The van der Waals surface area contributed by atoms with Crippen LogP contribution in [0.25, 0.3) is 0 Å². The van der Waals surface area contributed by atoms with Crippen LogP contribution in [0.5, 0.6) is 0 Å². The topological polar surface area (TPSA) is 52.6 Å². The second kappa shape index (κ2) is 7.97. The fraction of sp³-hybridized carbons (Fsp3) is 0.556. The van der Waals surface area contributed by atoms with E-state index in [-0.39, 0.29) is 11.8 Å². The van der Waals surface area contributed by atoms with Crippen LogP contribution in [0.3, 0.4) is 0 Å². The fourth-order valence-electron chi connectivity index (χ4n) is 3.24. The molecule has 0 aromatic heterocycles. The summed E-state index contributed by atoms with van der Waals surface area (Å²) in [5.74, 6) is -1.18. The third-order valence-electron chi connectivity index (χ3n) is 4.03. The molecule has 1 aromatic carbocycles. The zero-order valence-corrected chi connectivity index (χ0v) is 14.1. The molecule has 1 rings (SSSR count). The minimum Gasteiger partial charge on any atom is -0.468 e. The van der Waals surface area contributed by atoms with Crippen molar-refractivity contribution < 1.29 is 19.1 Å². The van der Waals surface area contributed by atoms with Crippen molar-refractivity contribution >= 4 is 11.9 Å². The van der Waals surface area contributed by atoms with E-state index >= 15 is 0 Å². The van der Waals surface area contributed by atoms with Crippen LogP contribution in [0.1, 0.15) is 45.1 Å². The van der Waals surface area contributed by atoms with Gasteiger partial charge in [-0.3, -0.25) is 9.59 Å². The highest BCUT2D eigenvalue weighted by atomic mass is 16.5. The lowest BCUT2D eigenvalue weighted by Gasteiger charge is -2.36. The number of benzene rings is 1. The number of methoxy groups -OCH3 is 2. The van der Waals surface area contributed by atoms with Gasteiger partial charge in [-0.25, -0.2) is 0 Å². The quantitative estimate of drug-likeness (QED) is 0.571. The molecular formula is C18H26O4. The lowest BCUT2D eigenvalue weighted by Crippen LogP contribution is -2.47. The summed E-state index contributed by atoms with van der Waals surface area (Å²) < 4.78 is 10.0. The van der Waals surface area contributed by atoms with Crippen LogP contribution >= 0.6 is 0 Å². The Bertz CT molecular complexity index is 477. The van der Waals surface area contributed by atoms with Crippen LogP contribution in [0.4, 0.5) is 0 Å². The minimum atomic E-state index is -1.31. The molecule has 0 radical (unpaired) electrons. The number of rotatable bonds is 7. The molecule has 122 valence electrons. The number of hydrogen-bond acceptors (Lipinski definition) is 4. The molecule has 0 amide bonds. The van der Waals surface area contributed by atoms with E-state index in [1.807, 2.05) is 51.1 Å². The number of hydrogen-bond donors (Lipinski definition) is 0. The van der Waals surface area contributed by atoms with Gasteiger partial charge in [0.05, 0.1) is 14.2 Å². The van der Waals surface area contributed by atoms with Crippen molar-refractivity contribution in [3.8, 4) is 0 Å². The first-order valence-corrected chi connectivity index (χ1v) is 7.65. The van der Waals surface area contributed by atoms with Gasteiger partial charge in [0.25, 0.3) is 0 Å². The van der Waals surface area contributed by atoms with Crippen molar-refractivity contribution in [3.05, 3.63) is 35.9 Å². The molecule has 0 bridgehead atoms. The number of carbonyl (C=O) groups excluding carboxylic acids is 2. The van der Waals surface area contributed by atoms with Crippen molar-refractivity contribution in [2.75, 3.05) is 14.2 Å². The smallest absolute Gasteiger partial charge is 0.323 e. The van der Waals surface area contributed by atoms with Gasteiger partial charge in [0.1, 0.15) is 0 Å². The van der Waals surface area contributed by atoms with E-state index in [0.29, 0.717) is 12.8 Å². The summed E-state index contributed by atoms with van der Waals surface area (Å²) in [6.45, 7) is 5.94. The summed E-state index contributed by atoms with van der Waals surface area (Å²) in [4.78, 5) is 25.2. The van der Waals surface area contributed by atoms with Gasteiger partial charge < -0.3 is 9.47 Å². The van der Waals surface area contributed by atoms with Crippen LogP contribution in [0.2, 0.25) is 0 Å². The molecule has 0 aliphatic rings. The Kier molecular flexibility index (Phi) is 6.60. The Morgan fingerprint density at radius 2 is 1.55 bits per heavy atom. The van der Waals surface area contributed by atoms with Crippen LogP contribution < -0.4 is 0 Å². The highest BCUT2D eigenvalue weighted by molar-refractivity contribution is 6.01. The number of carbonyl (C=O) groups is 2. The Labute approximate surface area is 132 Å². The van der Waals surface area contributed by atoms with Crippen molar-refractivity contribution in [1.29, 1.82) is 0 Å². The molecular weight excluding hydrogens is 280 g/mol. The Morgan fingerprint density at radius 1 is 1.05 bits per heavy atom. The summed E-state index contributed by atoms with van der Waals surface area (Å²) in [7, 11) is 2.64. The Hall–Kier alpha value is -1.84. The molecule has 0 saturated carbocycles. The summed E-state index contributed by atoms with van der Waals surface area (Å²) in [6.07, 6.45) is 1.03. The molecule has 4 nitrogen and oxygen atoms in total. The molecule has 4 heteroatoms. The molecule has 1 unspecified atom stereocenters. The molecule has 0 N–H and O–H groups in total. The van der Waals surface area contributed by atoms with Gasteiger partial charge in [0.15, 0.2) is 5.41 Å². The largest absolute Gasteiger partial charge is 0.468 e. The van der Waals surface area contributed by atoms with Crippen molar-refractivity contribution in [2.24, 2.45) is 11.3 Å². The molecule has 0 spiro atoms. The van der Waals surface area contributed by atoms with Gasteiger partial charge in [-0.1, -0.05) is 51.1 Å². The maximum absolute atomic E-state index is 12.6. The van der Waals surface area contributed by atoms with E-state index in [4.69, 9.17) is 9.47 Å². The zero-order valence-electron chi connectivity index (χ0n) is 14.1. The average Bonchev–Trinajstić information content (AvgIpc) is 2.53. The standard InChI is InChI=1S/C18H26O4/c1-6-15(14-10-8-7-9-11-14)18(12-13(2)3,16(19)21-4)17(20)22-5/h7-11,13,15H,6,12H2,1-5H3. The summed E-state index contributed by atoms with van der Waals surface area (Å²) in [5, 5.41) is 0. The highest BCUT2D eigenvalue weighted by Gasteiger charge is 2.54. The second-order valence-corrected chi connectivity index (χ2v) is 5.92. The zero-order chi connectivity index (χ0) is 16.8. The SMILES string of the molecule is CCC(c1ccccc1)C(CC(C)C)(C(=O)OC)C(=O)OC. The summed E-state index contributed by atoms with van der Waals surface area (Å²) in [5.41, 5.74) is -0.366. The summed E-state index contributed by atoms with van der Waals surface area (Å²) in [6, 6.07) is 9.61. The predicted molar refractivity (Wildman–Crippen MR) is 85.4 cm³/mol. The van der Waals surface area contributed by atoms with Crippen molar-refractivity contribution in [2.45, 2.75) is 39.5 Å². The fourth-order valence-corrected chi connectivity index (χ4v) is 3.24. The van der Waals surface area contributed by atoms with E-state index in [9.17, 15) is 9.59 Å². The molecule has 0 fully saturated rings. The Balaban J connectivity index is 3.50. The lowest BCUT2D eigenvalue weighted by atomic mass is 9.66. The molecule has 0 saturated heterocycles. The van der Waals surface area contributed by atoms with E-state index in [0.717, 1.165) is 5.56 Å². The van der Waals surface area contributed by atoms with E-state index in [2.05, 4.69) is 0 Å².